The Kier molecular flexibility index (Phi) is 8.10. The molecule has 3 nitrogen and oxygen atoms in total. The topological polar surface area (TPSA) is 27.6 Å². The number of likely N-dealkylation sites (tertiary alicyclic amines) is 1. The molecule has 1 rings (SSSR count). The molecule has 0 aliphatic carbocycles. The first kappa shape index (κ1) is 19.4. The Morgan fingerprint density at radius 1 is 1.32 bits per heavy atom. The Hall–Kier alpha value is 0.350. The molecule has 19 heavy (non-hydrogen) atoms. The van der Waals surface area contributed by atoms with E-state index in [9.17, 15) is 0 Å². The SMILES string of the molecule is CCNC(=NCCCSC)N1CC(C)(C)C1(C)C.I. The van der Waals surface area contributed by atoms with Crippen molar-refractivity contribution in [3.63, 3.8) is 0 Å². The second-order valence-electron chi connectivity index (χ2n) is 6.11. The molecule has 1 aliphatic rings. The second-order valence-corrected chi connectivity index (χ2v) is 7.10. The third-order valence-corrected chi connectivity index (χ3v) is 4.94. The highest BCUT2D eigenvalue weighted by molar-refractivity contribution is 14.0. The number of hydrogen-bond acceptors (Lipinski definition) is 2. The van der Waals surface area contributed by atoms with E-state index in [2.05, 4.69) is 51.1 Å². The van der Waals surface area contributed by atoms with Crippen LogP contribution in [0.2, 0.25) is 0 Å². The zero-order valence-electron chi connectivity index (χ0n) is 13.2. The molecule has 0 aromatic rings. The van der Waals surface area contributed by atoms with Gasteiger partial charge in [0.1, 0.15) is 0 Å². The quantitative estimate of drug-likeness (QED) is 0.332. The summed E-state index contributed by atoms with van der Waals surface area (Å²) in [5.41, 5.74) is 0.552. The monoisotopic (exact) mass is 399 g/mol. The molecule has 0 atom stereocenters. The van der Waals surface area contributed by atoms with Gasteiger partial charge in [-0.3, -0.25) is 4.99 Å². The van der Waals surface area contributed by atoms with Crippen LogP contribution in [0.15, 0.2) is 4.99 Å². The van der Waals surface area contributed by atoms with Gasteiger partial charge < -0.3 is 10.2 Å². The molecule has 0 saturated carbocycles. The van der Waals surface area contributed by atoms with Crippen LogP contribution < -0.4 is 5.32 Å². The van der Waals surface area contributed by atoms with Gasteiger partial charge in [-0.25, -0.2) is 0 Å². The predicted octanol–water partition coefficient (Wildman–Crippen LogP) is 3.44. The lowest BCUT2D eigenvalue weighted by Crippen LogP contribution is -2.72. The zero-order valence-corrected chi connectivity index (χ0v) is 16.4. The number of hydrogen-bond donors (Lipinski definition) is 1. The number of rotatable bonds is 5. The van der Waals surface area contributed by atoms with Gasteiger partial charge in [0, 0.05) is 30.6 Å². The van der Waals surface area contributed by atoms with Crippen molar-refractivity contribution in [2.45, 2.75) is 46.6 Å². The first-order valence-corrected chi connectivity index (χ1v) is 8.31. The molecule has 0 aromatic carbocycles. The highest BCUT2D eigenvalue weighted by atomic mass is 127. The Balaban J connectivity index is 0.00000324. The Morgan fingerprint density at radius 2 is 1.95 bits per heavy atom. The van der Waals surface area contributed by atoms with Gasteiger partial charge in [0.05, 0.1) is 0 Å². The molecular weight excluding hydrogens is 369 g/mol. The average Bonchev–Trinajstić information content (AvgIpc) is 2.30. The third kappa shape index (κ3) is 4.41. The maximum absolute atomic E-state index is 4.75. The smallest absolute Gasteiger partial charge is 0.194 e. The zero-order chi connectivity index (χ0) is 13.8. The largest absolute Gasteiger partial charge is 0.356 e. The van der Waals surface area contributed by atoms with Crippen molar-refractivity contribution >= 4 is 41.7 Å². The lowest BCUT2D eigenvalue weighted by Gasteiger charge is -2.62. The van der Waals surface area contributed by atoms with E-state index in [1.54, 1.807) is 0 Å². The number of guanidine groups is 1. The van der Waals surface area contributed by atoms with Crippen LogP contribution in [0.25, 0.3) is 0 Å². The van der Waals surface area contributed by atoms with Gasteiger partial charge in [0.25, 0.3) is 0 Å². The highest BCUT2D eigenvalue weighted by Crippen LogP contribution is 2.46. The molecule has 0 bridgehead atoms. The summed E-state index contributed by atoms with van der Waals surface area (Å²) in [6, 6.07) is 0. The molecule has 0 radical (unpaired) electrons. The highest BCUT2D eigenvalue weighted by Gasteiger charge is 2.53. The molecule has 1 N–H and O–H groups in total. The van der Waals surface area contributed by atoms with Crippen molar-refractivity contribution in [3.8, 4) is 0 Å². The molecular formula is C14H30IN3S. The number of thioether (sulfide) groups is 1. The van der Waals surface area contributed by atoms with Gasteiger partial charge in [-0.1, -0.05) is 13.8 Å². The Morgan fingerprint density at radius 3 is 2.37 bits per heavy atom. The van der Waals surface area contributed by atoms with Crippen LogP contribution in [-0.2, 0) is 0 Å². The van der Waals surface area contributed by atoms with E-state index < -0.39 is 0 Å². The van der Waals surface area contributed by atoms with Crippen molar-refractivity contribution in [3.05, 3.63) is 0 Å². The Labute approximate surface area is 140 Å². The van der Waals surface area contributed by atoms with E-state index in [1.807, 2.05) is 11.8 Å². The predicted molar refractivity (Wildman–Crippen MR) is 99.0 cm³/mol. The summed E-state index contributed by atoms with van der Waals surface area (Å²) in [4.78, 5) is 7.16. The first-order chi connectivity index (χ1) is 8.36. The van der Waals surface area contributed by atoms with Gasteiger partial charge in [-0.15, -0.1) is 24.0 Å². The molecule has 114 valence electrons. The van der Waals surface area contributed by atoms with E-state index in [4.69, 9.17) is 4.99 Å². The van der Waals surface area contributed by atoms with Crippen molar-refractivity contribution in [1.29, 1.82) is 0 Å². The average molecular weight is 399 g/mol. The molecule has 1 aliphatic heterocycles. The third-order valence-electron chi connectivity index (χ3n) is 4.24. The Bertz CT molecular complexity index is 303. The molecule has 0 unspecified atom stereocenters. The van der Waals surface area contributed by atoms with Crippen LogP contribution in [0.5, 0.6) is 0 Å². The maximum atomic E-state index is 4.75. The second kappa shape index (κ2) is 7.96. The summed E-state index contributed by atoms with van der Waals surface area (Å²) in [5.74, 6) is 2.28. The minimum absolute atomic E-state index is 0. The van der Waals surface area contributed by atoms with E-state index in [-0.39, 0.29) is 29.5 Å². The van der Waals surface area contributed by atoms with Crippen molar-refractivity contribution < 1.29 is 0 Å². The standard InChI is InChI=1S/C14H29N3S.HI/c1-7-15-12(16-9-8-10-18-6)17-11-13(2,3)14(17,4)5;/h7-11H2,1-6H3,(H,15,16);1H. The van der Waals surface area contributed by atoms with Crippen molar-refractivity contribution in [2.75, 3.05) is 31.6 Å². The summed E-state index contributed by atoms with van der Waals surface area (Å²) in [6.07, 6.45) is 3.31. The van der Waals surface area contributed by atoms with Crippen molar-refractivity contribution in [1.82, 2.24) is 10.2 Å². The fourth-order valence-corrected chi connectivity index (χ4v) is 2.61. The van der Waals surface area contributed by atoms with E-state index in [0.29, 0.717) is 5.41 Å². The number of halogens is 1. The normalized spacial score (nSPS) is 20.5. The summed E-state index contributed by atoms with van der Waals surface area (Å²) in [5, 5.41) is 3.42. The fourth-order valence-electron chi connectivity index (χ4n) is 2.19. The number of aliphatic imine (C=N–C) groups is 1. The number of nitrogens with one attached hydrogen (secondary N) is 1. The molecule has 1 saturated heterocycles. The van der Waals surface area contributed by atoms with Gasteiger partial charge in [-0.05, 0) is 39.2 Å². The lowest BCUT2D eigenvalue weighted by molar-refractivity contribution is -0.0667. The fraction of sp³-hybridized carbons (Fsp3) is 0.929. The molecule has 0 amide bonds. The molecule has 1 fully saturated rings. The summed E-state index contributed by atoms with van der Waals surface area (Å²) in [6.45, 7) is 14.4. The summed E-state index contributed by atoms with van der Waals surface area (Å²) >= 11 is 1.89. The van der Waals surface area contributed by atoms with Gasteiger partial charge >= 0.3 is 0 Å². The van der Waals surface area contributed by atoms with Crippen LogP contribution in [-0.4, -0.2) is 48.0 Å². The molecule has 5 heteroatoms. The van der Waals surface area contributed by atoms with E-state index in [1.165, 1.54) is 5.75 Å². The van der Waals surface area contributed by atoms with Crippen molar-refractivity contribution in [2.24, 2.45) is 10.4 Å². The van der Waals surface area contributed by atoms with Gasteiger partial charge in [-0.2, -0.15) is 11.8 Å². The van der Waals surface area contributed by atoms with Crippen LogP contribution in [0.1, 0.15) is 41.0 Å². The number of nitrogens with zero attached hydrogens (tertiary/aromatic N) is 2. The van der Waals surface area contributed by atoms with Crippen LogP contribution in [0.3, 0.4) is 0 Å². The van der Waals surface area contributed by atoms with Crippen LogP contribution in [0.4, 0.5) is 0 Å². The maximum Gasteiger partial charge on any atom is 0.194 e. The van der Waals surface area contributed by atoms with Crippen LogP contribution >= 0.6 is 35.7 Å². The molecule has 0 aromatic heterocycles. The molecule has 1 heterocycles. The molecule has 0 spiro atoms. The summed E-state index contributed by atoms with van der Waals surface area (Å²) in [7, 11) is 0. The minimum atomic E-state index is 0. The lowest BCUT2D eigenvalue weighted by atomic mass is 9.65. The van der Waals surface area contributed by atoms with Gasteiger partial charge in [0.15, 0.2) is 5.96 Å². The van der Waals surface area contributed by atoms with E-state index in [0.717, 1.165) is 32.0 Å². The van der Waals surface area contributed by atoms with Crippen LogP contribution in [0, 0.1) is 5.41 Å². The summed E-state index contributed by atoms with van der Waals surface area (Å²) < 4.78 is 0. The minimum Gasteiger partial charge on any atom is -0.356 e. The van der Waals surface area contributed by atoms with E-state index >= 15 is 0 Å². The first-order valence-electron chi connectivity index (χ1n) is 6.91. The van der Waals surface area contributed by atoms with Gasteiger partial charge in [0.2, 0.25) is 0 Å².